The second kappa shape index (κ2) is 5.11. The van der Waals surface area contributed by atoms with Gasteiger partial charge in [0.15, 0.2) is 0 Å². The van der Waals surface area contributed by atoms with Crippen LogP contribution in [0.2, 0.25) is 0 Å². The Bertz CT molecular complexity index is 516. The Kier molecular flexibility index (Phi) is 4.03. The number of benzene rings is 1. The van der Waals surface area contributed by atoms with Crippen molar-refractivity contribution in [3.63, 3.8) is 0 Å². The molecule has 0 bridgehead atoms. The molecule has 0 saturated carbocycles. The van der Waals surface area contributed by atoms with Crippen molar-refractivity contribution in [2.24, 2.45) is 0 Å². The van der Waals surface area contributed by atoms with Gasteiger partial charge >= 0.3 is 7.12 Å². The molecule has 1 aromatic rings. The van der Waals surface area contributed by atoms with E-state index in [0.717, 1.165) is 16.5 Å². The lowest BCUT2D eigenvalue weighted by Crippen LogP contribution is -2.41. The molecule has 0 aromatic heterocycles. The molecule has 1 aromatic carbocycles. The van der Waals surface area contributed by atoms with Gasteiger partial charge in [0.1, 0.15) is 6.54 Å². The molecule has 1 fully saturated rings. The lowest BCUT2D eigenvalue weighted by atomic mass is 9.75. The van der Waals surface area contributed by atoms with Crippen LogP contribution < -0.4 is 5.46 Å². The molecule has 0 spiro atoms. The number of rotatable bonds is 3. The Morgan fingerprint density at radius 3 is 2.00 bits per heavy atom. The Labute approximate surface area is 130 Å². The van der Waals surface area contributed by atoms with Gasteiger partial charge in [-0.15, -0.1) is 0 Å². The van der Waals surface area contributed by atoms with E-state index in [9.17, 15) is 0 Å². The van der Waals surface area contributed by atoms with Gasteiger partial charge in [-0.1, -0.05) is 23.8 Å². The molecule has 1 heterocycles. The smallest absolute Gasteiger partial charge is 0.399 e. The number of nitrogens with zero attached hydrogens (tertiary/aromatic N) is 1. The molecule has 0 aliphatic carbocycles. The normalized spacial score (nSPS) is 20.9. The summed E-state index contributed by atoms with van der Waals surface area (Å²) in [5.74, 6) is 0. The molecular weight excluding hydrogens is 261 g/mol. The maximum Gasteiger partial charge on any atom is 0.495 e. The van der Waals surface area contributed by atoms with Crippen LogP contribution in [0.5, 0.6) is 0 Å². The zero-order valence-electron chi connectivity index (χ0n) is 14.8. The quantitative estimate of drug-likeness (QED) is 0.629. The van der Waals surface area contributed by atoms with E-state index in [2.05, 4.69) is 74.0 Å². The summed E-state index contributed by atoms with van der Waals surface area (Å²) < 4.78 is 13.3. The van der Waals surface area contributed by atoms with Gasteiger partial charge in [0.05, 0.1) is 32.3 Å². The molecule has 0 atom stereocenters. The minimum atomic E-state index is -0.295. The zero-order chi connectivity index (χ0) is 16.1. The van der Waals surface area contributed by atoms with Crippen LogP contribution in [0, 0.1) is 6.92 Å². The van der Waals surface area contributed by atoms with Gasteiger partial charge in [-0.2, -0.15) is 0 Å². The van der Waals surface area contributed by atoms with Crippen LogP contribution in [0.4, 0.5) is 0 Å². The van der Waals surface area contributed by atoms with Crippen LogP contribution in [0.25, 0.3) is 0 Å². The topological polar surface area (TPSA) is 18.5 Å². The molecule has 1 aliphatic rings. The summed E-state index contributed by atoms with van der Waals surface area (Å²) in [5.41, 5.74) is 3.15. The average Bonchev–Trinajstić information content (AvgIpc) is 2.45. The lowest BCUT2D eigenvalue weighted by molar-refractivity contribution is -0.883. The fourth-order valence-electron chi connectivity index (χ4n) is 2.58. The fraction of sp³-hybridized carbons (Fsp3) is 0.647. The fourth-order valence-corrected chi connectivity index (χ4v) is 2.58. The summed E-state index contributed by atoms with van der Waals surface area (Å²) in [4.78, 5) is 0. The third-order valence-corrected chi connectivity index (χ3v) is 4.45. The van der Waals surface area contributed by atoms with Gasteiger partial charge in [0, 0.05) is 5.56 Å². The first-order valence-electron chi connectivity index (χ1n) is 7.67. The lowest BCUT2D eigenvalue weighted by Gasteiger charge is -2.32. The van der Waals surface area contributed by atoms with Crippen molar-refractivity contribution in [1.82, 2.24) is 0 Å². The Hall–Kier alpha value is -0.835. The summed E-state index contributed by atoms with van der Waals surface area (Å²) in [6, 6.07) is 6.55. The van der Waals surface area contributed by atoms with Crippen molar-refractivity contribution in [3.8, 4) is 0 Å². The number of quaternary nitrogens is 1. The predicted molar refractivity (Wildman–Crippen MR) is 88.6 cm³/mol. The highest BCUT2D eigenvalue weighted by molar-refractivity contribution is 6.62. The molecule has 3 nitrogen and oxygen atoms in total. The van der Waals surface area contributed by atoms with Crippen LogP contribution in [0.15, 0.2) is 18.2 Å². The molecule has 0 N–H and O–H groups in total. The van der Waals surface area contributed by atoms with Gasteiger partial charge in [0.2, 0.25) is 0 Å². The minimum Gasteiger partial charge on any atom is -0.399 e. The van der Waals surface area contributed by atoms with E-state index >= 15 is 0 Å². The molecule has 1 saturated heterocycles. The van der Waals surface area contributed by atoms with E-state index in [0.29, 0.717) is 0 Å². The van der Waals surface area contributed by atoms with Crippen LogP contribution >= 0.6 is 0 Å². The highest BCUT2D eigenvalue weighted by atomic mass is 16.7. The van der Waals surface area contributed by atoms with Crippen LogP contribution in [0.3, 0.4) is 0 Å². The molecule has 21 heavy (non-hydrogen) atoms. The van der Waals surface area contributed by atoms with Gasteiger partial charge < -0.3 is 13.8 Å². The summed E-state index contributed by atoms with van der Waals surface area (Å²) in [5, 5.41) is 0. The van der Waals surface area contributed by atoms with Crippen LogP contribution in [-0.4, -0.2) is 43.9 Å². The minimum absolute atomic E-state index is 0.280. The van der Waals surface area contributed by atoms with Crippen LogP contribution in [0.1, 0.15) is 38.8 Å². The first kappa shape index (κ1) is 16.5. The predicted octanol–water partition coefficient (Wildman–Crippen LogP) is 2.50. The summed E-state index contributed by atoms with van der Waals surface area (Å²) in [6.07, 6.45) is 0. The highest BCUT2D eigenvalue weighted by Crippen LogP contribution is 2.36. The van der Waals surface area contributed by atoms with E-state index < -0.39 is 0 Å². The zero-order valence-corrected chi connectivity index (χ0v) is 14.8. The number of aryl methyl sites for hydroxylation is 1. The summed E-state index contributed by atoms with van der Waals surface area (Å²) in [6.45, 7) is 11.5. The number of hydrogen-bond acceptors (Lipinski definition) is 2. The van der Waals surface area contributed by atoms with E-state index in [4.69, 9.17) is 9.31 Å². The molecule has 0 radical (unpaired) electrons. The molecule has 116 valence electrons. The maximum absolute atomic E-state index is 6.22. The largest absolute Gasteiger partial charge is 0.495 e. The Morgan fingerprint density at radius 1 is 1.00 bits per heavy atom. The Balaban J connectivity index is 2.37. The maximum atomic E-state index is 6.22. The molecule has 0 unspecified atom stereocenters. The van der Waals surface area contributed by atoms with E-state index in [1.54, 1.807) is 0 Å². The van der Waals surface area contributed by atoms with E-state index in [1.807, 2.05) is 0 Å². The second-order valence-corrected chi connectivity index (χ2v) is 8.24. The molecule has 4 heteroatoms. The monoisotopic (exact) mass is 290 g/mol. The van der Waals surface area contributed by atoms with E-state index in [-0.39, 0.29) is 18.3 Å². The van der Waals surface area contributed by atoms with Crippen molar-refractivity contribution < 1.29 is 13.8 Å². The van der Waals surface area contributed by atoms with Crippen molar-refractivity contribution in [2.75, 3.05) is 21.1 Å². The van der Waals surface area contributed by atoms with Crippen molar-refractivity contribution in [2.45, 2.75) is 52.4 Å². The second-order valence-electron chi connectivity index (χ2n) is 8.24. The number of hydrogen-bond donors (Lipinski definition) is 0. The van der Waals surface area contributed by atoms with Gasteiger partial charge in [0.25, 0.3) is 0 Å². The summed E-state index contributed by atoms with van der Waals surface area (Å²) in [7, 11) is 6.33. The first-order chi connectivity index (χ1) is 9.41. The molecule has 2 rings (SSSR count). The van der Waals surface area contributed by atoms with Crippen molar-refractivity contribution >= 4 is 12.6 Å². The molecule has 1 aliphatic heterocycles. The first-order valence-corrected chi connectivity index (χ1v) is 7.67. The highest BCUT2D eigenvalue weighted by Gasteiger charge is 2.52. The summed E-state index contributed by atoms with van der Waals surface area (Å²) >= 11 is 0. The third-order valence-electron chi connectivity index (χ3n) is 4.45. The van der Waals surface area contributed by atoms with E-state index in [1.165, 1.54) is 11.1 Å². The van der Waals surface area contributed by atoms with Crippen molar-refractivity contribution in [3.05, 3.63) is 29.3 Å². The average molecular weight is 290 g/mol. The molecular formula is C17H29BNO2+. The van der Waals surface area contributed by atoms with Gasteiger partial charge in [-0.3, -0.25) is 0 Å². The van der Waals surface area contributed by atoms with Crippen molar-refractivity contribution in [1.29, 1.82) is 0 Å². The van der Waals surface area contributed by atoms with Gasteiger partial charge in [-0.25, -0.2) is 0 Å². The standard InChI is InChI=1S/C17H29BNO2/c1-13-9-10-15(14(11-13)12-19(6,7)8)18-20-16(2,3)17(4,5)21-18/h9-11H,12H2,1-8H3/q+1. The molecule has 0 amide bonds. The van der Waals surface area contributed by atoms with Gasteiger partial charge in [-0.05, 0) is 40.1 Å². The van der Waals surface area contributed by atoms with Crippen LogP contribution in [-0.2, 0) is 15.9 Å². The SMILES string of the molecule is Cc1ccc(B2OC(C)(C)C(C)(C)O2)c(C[N+](C)(C)C)c1. The third kappa shape index (κ3) is 3.50. The Morgan fingerprint density at radius 2 is 1.52 bits per heavy atom.